The molecule has 2 aromatic rings. The summed E-state index contributed by atoms with van der Waals surface area (Å²) in [4.78, 5) is 20.4. The maximum atomic E-state index is 14.9. The molecule has 2 amide bonds. The number of nitrogens with zero attached hydrogens (tertiary/aromatic N) is 3. The van der Waals surface area contributed by atoms with Crippen LogP contribution in [0.1, 0.15) is 12.5 Å². The van der Waals surface area contributed by atoms with Crippen LogP contribution in [0.3, 0.4) is 0 Å². The van der Waals surface area contributed by atoms with Gasteiger partial charge in [-0.2, -0.15) is 18.2 Å². The third kappa shape index (κ3) is 6.27. The number of aryl methyl sites for hydroxylation is 1. The zero-order valence-corrected chi connectivity index (χ0v) is 21.1. The maximum absolute atomic E-state index is 14.9. The molecule has 2 saturated heterocycles. The van der Waals surface area contributed by atoms with Gasteiger partial charge in [0.15, 0.2) is 6.10 Å². The number of carbonyl (C=O) groups is 1. The molecule has 0 radical (unpaired) electrons. The molecule has 208 valence electrons. The molecule has 1 aromatic heterocycles. The highest BCUT2D eigenvalue weighted by Crippen LogP contribution is 2.34. The van der Waals surface area contributed by atoms with Gasteiger partial charge < -0.3 is 34.4 Å². The first-order valence-corrected chi connectivity index (χ1v) is 12.2. The van der Waals surface area contributed by atoms with Crippen molar-refractivity contribution in [3.05, 3.63) is 35.6 Å². The summed E-state index contributed by atoms with van der Waals surface area (Å²) in [6, 6.07) is 3.97. The van der Waals surface area contributed by atoms with Crippen LogP contribution in [-0.2, 0) is 9.47 Å². The number of amides is 2. The fraction of sp³-hybridized carbons (Fsp3) is 0.520. The average molecular weight is 543 g/mol. The van der Waals surface area contributed by atoms with Gasteiger partial charge in [-0.25, -0.2) is 9.18 Å². The molecule has 9 nitrogen and oxygen atoms in total. The van der Waals surface area contributed by atoms with Crippen LogP contribution in [0.5, 0.6) is 5.88 Å². The van der Waals surface area contributed by atoms with Gasteiger partial charge in [0, 0.05) is 25.7 Å². The summed E-state index contributed by atoms with van der Waals surface area (Å²) in [5, 5.41) is 11.6. The molecule has 2 atom stereocenters. The number of hydrogen-bond donors (Lipinski definition) is 2. The Morgan fingerprint density at radius 3 is 2.61 bits per heavy atom. The van der Waals surface area contributed by atoms with Crippen molar-refractivity contribution in [1.82, 2.24) is 9.88 Å². The Balaban J connectivity index is 1.64. The Labute approximate surface area is 217 Å². The molecule has 2 fully saturated rings. The van der Waals surface area contributed by atoms with Crippen molar-refractivity contribution < 1.29 is 41.7 Å². The van der Waals surface area contributed by atoms with Crippen LogP contribution in [0.4, 0.5) is 33.9 Å². The molecule has 13 heteroatoms. The number of benzene rings is 1. The predicted octanol–water partition coefficient (Wildman–Crippen LogP) is 3.59. The Bertz CT molecular complexity index is 1140. The number of alkyl halides is 3. The second kappa shape index (κ2) is 11.7. The van der Waals surface area contributed by atoms with Crippen molar-refractivity contribution in [2.45, 2.75) is 32.2 Å². The zero-order valence-electron chi connectivity index (χ0n) is 21.1. The quantitative estimate of drug-likeness (QED) is 0.539. The average Bonchev–Trinajstić information content (AvgIpc) is 2.88. The standard InChI is InChI=1S/C25H30F4N4O5/c1-15-11-19(26)20(30-24(35)33-5-9-38-23(16(33)2)25(27,28)29)14-18(15)17-12-21(32-3-7-36-8-4-32)31-22(13-17)37-10-6-34/h11-14,16,23,34H,3-10H2,1-2H3,(H,30,35)/t16-,23-/m0/s1. The van der Waals surface area contributed by atoms with Crippen molar-refractivity contribution in [3.63, 3.8) is 0 Å². The molecule has 3 heterocycles. The number of morpholine rings is 2. The zero-order chi connectivity index (χ0) is 27.4. The molecule has 0 spiro atoms. The molecule has 0 saturated carbocycles. The number of aliphatic hydroxyl groups excluding tert-OH is 1. The minimum atomic E-state index is -4.64. The van der Waals surface area contributed by atoms with Crippen LogP contribution in [0.15, 0.2) is 24.3 Å². The van der Waals surface area contributed by atoms with Gasteiger partial charge in [-0.1, -0.05) is 0 Å². The first-order chi connectivity index (χ1) is 18.1. The number of aliphatic hydroxyl groups is 1. The van der Waals surface area contributed by atoms with E-state index in [1.807, 2.05) is 4.90 Å². The highest BCUT2D eigenvalue weighted by Gasteiger charge is 2.49. The summed E-state index contributed by atoms with van der Waals surface area (Å²) in [5.74, 6) is 0.133. The number of rotatable bonds is 6. The van der Waals surface area contributed by atoms with E-state index in [0.29, 0.717) is 48.8 Å². The Morgan fingerprint density at radius 2 is 1.92 bits per heavy atom. The fourth-order valence-electron chi connectivity index (χ4n) is 4.53. The molecular weight excluding hydrogens is 512 g/mol. The highest BCUT2D eigenvalue weighted by molar-refractivity contribution is 5.91. The van der Waals surface area contributed by atoms with Gasteiger partial charge in [0.25, 0.3) is 0 Å². The molecule has 2 N–H and O–H groups in total. The lowest BCUT2D eigenvalue weighted by Crippen LogP contribution is -2.58. The SMILES string of the molecule is Cc1cc(F)c(NC(=O)N2CCO[C@H](C(F)(F)F)[C@@H]2C)cc1-c1cc(OCCO)nc(N2CCOCC2)c1. The van der Waals surface area contributed by atoms with Crippen molar-refractivity contribution in [2.24, 2.45) is 0 Å². The number of pyridine rings is 1. The van der Waals surface area contributed by atoms with Gasteiger partial charge in [-0.05, 0) is 48.7 Å². The van der Waals surface area contributed by atoms with E-state index in [1.54, 1.807) is 19.1 Å². The Kier molecular flexibility index (Phi) is 8.58. The minimum Gasteiger partial charge on any atom is -0.475 e. The van der Waals surface area contributed by atoms with E-state index in [1.165, 1.54) is 19.1 Å². The Morgan fingerprint density at radius 1 is 1.18 bits per heavy atom. The first-order valence-electron chi connectivity index (χ1n) is 12.2. The van der Waals surface area contributed by atoms with Crippen molar-refractivity contribution >= 4 is 17.5 Å². The lowest BCUT2D eigenvalue weighted by Gasteiger charge is -2.39. The summed E-state index contributed by atoms with van der Waals surface area (Å²) < 4.78 is 70.6. The summed E-state index contributed by atoms with van der Waals surface area (Å²) >= 11 is 0. The van der Waals surface area contributed by atoms with Crippen LogP contribution in [0.2, 0.25) is 0 Å². The molecule has 0 aliphatic carbocycles. The lowest BCUT2D eigenvalue weighted by atomic mass is 10.00. The second-order valence-electron chi connectivity index (χ2n) is 9.07. The van der Waals surface area contributed by atoms with E-state index in [4.69, 9.17) is 14.2 Å². The lowest BCUT2D eigenvalue weighted by molar-refractivity contribution is -0.246. The fourth-order valence-corrected chi connectivity index (χ4v) is 4.53. The van der Waals surface area contributed by atoms with Crippen LogP contribution >= 0.6 is 0 Å². The third-order valence-corrected chi connectivity index (χ3v) is 6.47. The van der Waals surface area contributed by atoms with Gasteiger partial charge in [0.05, 0.1) is 38.2 Å². The molecule has 1 aromatic carbocycles. The van der Waals surface area contributed by atoms with E-state index < -0.39 is 30.2 Å². The van der Waals surface area contributed by atoms with E-state index >= 15 is 0 Å². The van der Waals surface area contributed by atoms with Gasteiger partial charge >= 0.3 is 12.2 Å². The number of nitrogens with one attached hydrogen (secondary N) is 1. The third-order valence-electron chi connectivity index (χ3n) is 6.47. The molecular formula is C25H30F4N4O5. The summed E-state index contributed by atoms with van der Waals surface area (Å²) in [6.45, 7) is 4.67. The molecule has 0 unspecified atom stereocenters. The smallest absolute Gasteiger partial charge is 0.416 e. The largest absolute Gasteiger partial charge is 0.475 e. The van der Waals surface area contributed by atoms with Crippen LogP contribution in [0.25, 0.3) is 11.1 Å². The highest BCUT2D eigenvalue weighted by atomic mass is 19.4. The molecule has 0 bridgehead atoms. The summed E-state index contributed by atoms with van der Waals surface area (Å²) in [5.41, 5.74) is 1.57. The maximum Gasteiger partial charge on any atom is 0.416 e. The van der Waals surface area contributed by atoms with Crippen LogP contribution < -0.4 is 15.0 Å². The van der Waals surface area contributed by atoms with Gasteiger partial charge in [-0.15, -0.1) is 0 Å². The number of anilines is 2. The number of ether oxygens (including phenoxy) is 3. The van der Waals surface area contributed by atoms with Crippen molar-refractivity contribution in [3.8, 4) is 17.0 Å². The summed E-state index contributed by atoms with van der Waals surface area (Å²) in [7, 11) is 0. The number of halogens is 4. The topological polar surface area (TPSA) is 96.4 Å². The van der Waals surface area contributed by atoms with E-state index in [9.17, 15) is 27.5 Å². The normalized spacial score (nSPS) is 20.4. The molecule has 2 aliphatic rings. The van der Waals surface area contributed by atoms with Crippen molar-refractivity contribution in [2.75, 3.05) is 62.9 Å². The number of aromatic nitrogens is 1. The minimum absolute atomic E-state index is 0.0271. The van der Waals surface area contributed by atoms with E-state index in [0.717, 1.165) is 4.90 Å². The molecule has 2 aliphatic heterocycles. The number of hydrogen-bond acceptors (Lipinski definition) is 7. The van der Waals surface area contributed by atoms with E-state index in [2.05, 4.69) is 10.3 Å². The van der Waals surface area contributed by atoms with E-state index in [-0.39, 0.29) is 37.9 Å². The van der Waals surface area contributed by atoms with Crippen LogP contribution in [-0.4, -0.2) is 92.0 Å². The van der Waals surface area contributed by atoms with Crippen LogP contribution in [0, 0.1) is 12.7 Å². The Hall–Kier alpha value is -3.16. The predicted molar refractivity (Wildman–Crippen MR) is 131 cm³/mol. The van der Waals surface area contributed by atoms with Gasteiger partial charge in [-0.3, -0.25) is 0 Å². The van der Waals surface area contributed by atoms with Gasteiger partial charge in [0.1, 0.15) is 18.2 Å². The monoisotopic (exact) mass is 542 g/mol. The first kappa shape index (κ1) is 27.9. The summed E-state index contributed by atoms with van der Waals surface area (Å²) in [6.07, 6.45) is -6.77. The number of carbonyl (C=O) groups excluding carboxylic acids is 1. The van der Waals surface area contributed by atoms with Crippen molar-refractivity contribution in [1.29, 1.82) is 0 Å². The number of urea groups is 1. The molecule has 4 rings (SSSR count). The second-order valence-corrected chi connectivity index (χ2v) is 9.07. The molecule has 38 heavy (non-hydrogen) atoms. The van der Waals surface area contributed by atoms with Gasteiger partial charge in [0.2, 0.25) is 5.88 Å².